The molecular formula is C22H22FN3O2. The Hall–Kier alpha value is -2.73. The zero-order chi connectivity index (χ0) is 19.5. The molecule has 0 saturated carbocycles. The highest BCUT2D eigenvalue weighted by Crippen LogP contribution is 2.55. The fraction of sp³-hybridized carbons (Fsp3) is 0.364. The number of nitrogens with zero attached hydrogens (tertiary/aromatic N) is 1. The van der Waals surface area contributed by atoms with Crippen LogP contribution >= 0.6 is 0 Å². The normalized spacial score (nSPS) is 28.3. The van der Waals surface area contributed by atoms with Crippen molar-refractivity contribution in [3.8, 4) is 0 Å². The molecule has 0 unspecified atom stereocenters. The average molecular weight is 379 g/mol. The van der Waals surface area contributed by atoms with Gasteiger partial charge in [0.2, 0.25) is 11.8 Å². The molecule has 0 bridgehead atoms. The molecule has 6 heteroatoms. The van der Waals surface area contributed by atoms with Gasteiger partial charge in [-0.15, -0.1) is 0 Å². The van der Waals surface area contributed by atoms with Gasteiger partial charge in [0.15, 0.2) is 0 Å². The van der Waals surface area contributed by atoms with E-state index >= 15 is 0 Å². The number of nitrogens with one attached hydrogen (secondary N) is 2. The highest BCUT2D eigenvalue weighted by molar-refractivity contribution is 6.10. The van der Waals surface area contributed by atoms with Crippen LogP contribution in [0.4, 0.5) is 15.8 Å². The van der Waals surface area contributed by atoms with Crippen molar-refractivity contribution in [2.45, 2.75) is 37.8 Å². The highest BCUT2D eigenvalue weighted by atomic mass is 19.1. The summed E-state index contributed by atoms with van der Waals surface area (Å²) in [5.74, 6) is -1.15. The lowest BCUT2D eigenvalue weighted by Gasteiger charge is -2.36. The summed E-state index contributed by atoms with van der Waals surface area (Å²) in [4.78, 5) is 28.9. The molecule has 2 amide bonds. The van der Waals surface area contributed by atoms with E-state index in [1.54, 1.807) is 12.1 Å². The lowest BCUT2D eigenvalue weighted by molar-refractivity contribution is -0.135. The van der Waals surface area contributed by atoms with E-state index in [1.807, 2.05) is 25.1 Å². The van der Waals surface area contributed by atoms with Gasteiger partial charge in [-0.05, 0) is 63.1 Å². The van der Waals surface area contributed by atoms with Gasteiger partial charge in [0.1, 0.15) is 11.4 Å². The molecule has 28 heavy (non-hydrogen) atoms. The molecule has 3 atom stereocenters. The van der Waals surface area contributed by atoms with Crippen LogP contribution in [0.2, 0.25) is 0 Å². The molecular weight excluding hydrogens is 357 g/mol. The Balaban J connectivity index is 1.58. The zero-order valence-electron chi connectivity index (χ0n) is 15.7. The maximum absolute atomic E-state index is 13.3. The van der Waals surface area contributed by atoms with Crippen molar-refractivity contribution in [1.82, 2.24) is 4.90 Å². The van der Waals surface area contributed by atoms with Gasteiger partial charge in [0.05, 0.1) is 5.92 Å². The van der Waals surface area contributed by atoms with E-state index in [1.165, 1.54) is 12.1 Å². The van der Waals surface area contributed by atoms with E-state index in [4.69, 9.17) is 0 Å². The number of benzene rings is 2. The minimum atomic E-state index is -0.966. The van der Waals surface area contributed by atoms with Crippen LogP contribution in [0.25, 0.3) is 0 Å². The van der Waals surface area contributed by atoms with Crippen LogP contribution in [0.5, 0.6) is 0 Å². The third kappa shape index (κ3) is 2.34. The van der Waals surface area contributed by atoms with Gasteiger partial charge in [-0.2, -0.15) is 0 Å². The van der Waals surface area contributed by atoms with E-state index in [0.717, 1.165) is 36.2 Å². The molecule has 144 valence electrons. The lowest BCUT2D eigenvalue weighted by Crippen LogP contribution is -2.53. The van der Waals surface area contributed by atoms with Crippen LogP contribution in [0.3, 0.4) is 0 Å². The van der Waals surface area contributed by atoms with Gasteiger partial charge in [-0.25, -0.2) is 4.39 Å². The maximum Gasteiger partial charge on any atom is 0.250 e. The first-order valence-corrected chi connectivity index (χ1v) is 9.76. The number of aryl methyl sites for hydroxylation is 1. The average Bonchev–Trinajstić information content (AvgIpc) is 3.32. The Kier molecular flexibility index (Phi) is 3.81. The van der Waals surface area contributed by atoms with E-state index in [-0.39, 0.29) is 23.7 Å². The highest BCUT2D eigenvalue weighted by Gasteiger charge is 2.65. The van der Waals surface area contributed by atoms with Crippen molar-refractivity contribution in [3.05, 3.63) is 59.4 Å². The summed E-state index contributed by atoms with van der Waals surface area (Å²) >= 11 is 0. The number of hydrogen-bond donors (Lipinski definition) is 2. The number of anilines is 2. The fourth-order valence-corrected chi connectivity index (χ4v) is 5.30. The predicted octanol–water partition coefficient (Wildman–Crippen LogP) is 3.40. The first-order valence-electron chi connectivity index (χ1n) is 9.76. The molecule has 2 aromatic rings. The van der Waals surface area contributed by atoms with Gasteiger partial charge >= 0.3 is 0 Å². The van der Waals surface area contributed by atoms with Gasteiger partial charge < -0.3 is 10.6 Å². The third-order valence-corrected chi connectivity index (χ3v) is 6.45. The Bertz CT molecular complexity index is 974. The Morgan fingerprint density at radius 3 is 2.82 bits per heavy atom. The zero-order valence-corrected chi connectivity index (χ0v) is 15.7. The second kappa shape index (κ2) is 6.14. The summed E-state index contributed by atoms with van der Waals surface area (Å²) in [5, 5.41) is 5.92. The van der Waals surface area contributed by atoms with Crippen molar-refractivity contribution in [2.24, 2.45) is 5.92 Å². The number of carbonyl (C=O) groups excluding carboxylic acids is 2. The molecule has 3 heterocycles. The number of amides is 2. The summed E-state index contributed by atoms with van der Waals surface area (Å²) in [6.45, 7) is 2.81. The first-order chi connectivity index (χ1) is 13.5. The van der Waals surface area contributed by atoms with E-state index in [0.29, 0.717) is 12.1 Å². The number of fused-ring (bicyclic) bond motifs is 4. The van der Waals surface area contributed by atoms with Crippen LogP contribution < -0.4 is 10.6 Å². The van der Waals surface area contributed by atoms with Gasteiger partial charge in [0.25, 0.3) is 0 Å². The van der Waals surface area contributed by atoms with Gasteiger partial charge in [0, 0.05) is 23.0 Å². The molecule has 1 spiro atoms. The number of hydrogen-bond acceptors (Lipinski definition) is 3. The molecule has 3 aliphatic rings. The monoisotopic (exact) mass is 379 g/mol. The van der Waals surface area contributed by atoms with E-state index in [9.17, 15) is 14.0 Å². The summed E-state index contributed by atoms with van der Waals surface area (Å²) in [6.07, 6.45) is 2.68. The smallest absolute Gasteiger partial charge is 0.250 e. The van der Waals surface area contributed by atoms with Gasteiger partial charge in [-0.1, -0.05) is 17.7 Å². The summed E-state index contributed by atoms with van der Waals surface area (Å²) in [6, 6.07) is 11.9. The molecule has 0 aliphatic carbocycles. The van der Waals surface area contributed by atoms with Crippen molar-refractivity contribution in [2.75, 3.05) is 17.2 Å². The molecule has 3 aliphatic heterocycles. The third-order valence-electron chi connectivity index (χ3n) is 6.45. The van der Waals surface area contributed by atoms with Crippen LogP contribution in [-0.2, 0) is 15.1 Å². The standard InChI is InChI=1S/C22H22FN3O2/c1-13-4-9-19-17(11-13)22(21(28)25-19)18(12-16-3-2-10-26(16)22)20(27)24-15-7-5-14(23)6-8-15/h4-9,11,16,18H,2-3,10,12H2,1H3,(H,24,27)(H,25,28)/t16-,18+,22-/m0/s1. The van der Waals surface area contributed by atoms with Crippen molar-refractivity contribution in [3.63, 3.8) is 0 Å². The predicted molar refractivity (Wildman–Crippen MR) is 104 cm³/mol. The molecule has 2 fully saturated rings. The van der Waals surface area contributed by atoms with Gasteiger partial charge in [-0.3, -0.25) is 14.5 Å². The van der Waals surface area contributed by atoms with Crippen molar-refractivity contribution >= 4 is 23.2 Å². The second-order valence-electron chi connectivity index (χ2n) is 8.04. The first kappa shape index (κ1) is 17.4. The molecule has 2 saturated heterocycles. The molecule has 2 N–H and O–H groups in total. The molecule has 5 rings (SSSR count). The molecule has 5 nitrogen and oxygen atoms in total. The minimum Gasteiger partial charge on any atom is -0.326 e. The lowest BCUT2D eigenvalue weighted by atomic mass is 9.78. The summed E-state index contributed by atoms with van der Waals surface area (Å²) < 4.78 is 13.2. The topological polar surface area (TPSA) is 61.4 Å². The minimum absolute atomic E-state index is 0.114. The fourth-order valence-electron chi connectivity index (χ4n) is 5.30. The largest absolute Gasteiger partial charge is 0.326 e. The van der Waals surface area contributed by atoms with Crippen LogP contribution in [0.1, 0.15) is 30.4 Å². The van der Waals surface area contributed by atoms with Crippen molar-refractivity contribution in [1.29, 1.82) is 0 Å². The Labute approximate surface area is 162 Å². The summed E-state index contributed by atoms with van der Waals surface area (Å²) in [7, 11) is 0. The van der Waals surface area contributed by atoms with Crippen LogP contribution in [0, 0.1) is 18.7 Å². The van der Waals surface area contributed by atoms with Crippen molar-refractivity contribution < 1.29 is 14.0 Å². The quantitative estimate of drug-likeness (QED) is 0.841. The number of halogens is 1. The number of carbonyl (C=O) groups is 2. The number of rotatable bonds is 2. The van der Waals surface area contributed by atoms with Crippen LogP contribution in [-0.4, -0.2) is 29.3 Å². The molecule has 0 radical (unpaired) electrons. The van der Waals surface area contributed by atoms with Crippen LogP contribution in [0.15, 0.2) is 42.5 Å². The maximum atomic E-state index is 13.3. The summed E-state index contributed by atoms with van der Waals surface area (Å²) in [5.41, 5.74) is 2.34. The molecule has 0 aromatic heterocycles. The molecule has 2 aromatic carbocycles. The van der Waals surface area contributed by atoms with E-state index in [2.05, 4.69) is 15.5 Å². The SMILES string of the molecule is Cc1ccc2c(c1)[C@@]1(C(=O)N2)[C@@H](C(=O)Nc2ccc(F)cc2)C[C@@H]2CCCN21. The Morgan fingerprint density at radius 2 is 2.04 bits per heavy atom. The second-order valence-corrected chi connectivity index (χ2v) is 8.04. The Morgan fingerprint density at radius 1 is 1.25 bits per heavy atom. The van der Waals surface area contributed by atoms with E-state index < -0.39 is 11.5 Å².